The molecule has 1 aromatic rings. The van der Waals surface area contributed by atoms with Crippen LogP contribution in [-0.4, -0.2) is 61.4 Å². The molecule has 1 fully saturated rings. The molecule has 0 aromatic heterocycles. The highest BCUT2D eigenvalue weighted by Gasteiger charge is 2.30. The van der Waals surface area contributed by atoms with Gasteiger partial charge in [0.25, 0.3) is 0 Å². The molecular weight excluding hydrogens is 534 g/mol. The molecule has 0 unspecified atom stereocenters. The van der Waals surface area contributed by atoms with E-state index in [-0.39, 0.29) is 35.8 Å². The first-order valence-electron chi connectivity index (χ1n) is 10.9. The number of likely N-dealkylation sites (tertiary alicyclic amines) is 1. The number of aliphatic imine (C=N–C) groups is 1. The maximum atomic E-state index is 12.7. The van der Waals surface area contributed by atoms with Crippen molar-refractivity contribution < 1.29 is 18.0 Å². The lowest BCUT2D eigenvalue weighted by Crippen LogP contribution is -2.39. The van der Waals surface area contributed by atoms with Crippen LogP contribution in [0, 0.1) is 5.92 Å². The third-order valence-corrected chi connectivity index (χ3v) is 5.53. The largest absolute Gasteiger partial charge is 0.416 e. The SMILES string of the molecule is CCNC(=NCCCCN1CCC(C(N)=O)CC1)N(C)Cc1ccc(C(F)(F)F)cc1.I. The Balaban J connectivity index is 0.00000512. The maximum absolute atomic E-state index is 12.7. The molecule has 1 aromatic carbocycles. The lowest BCUT2D eigenvalue weighted by molar-refractivity contribution is -0.137. The summed E-state index contributed by atoms with van der Waals surface area (Å²) < 4.78 is 38.2. The molecule has 6 nitrogen and oxygen atoms in total. The summed E-state index contributed by atoms with van der Waals surface area (Å²) in [7, 11) is 1.88. The van der Waals surface area contributed by atoms with Crippen molar-refractivity contribution in [3.05, 3.63) is 35.4 Å². The molecular formula is C22H35F3IN5O. The van der Waals surface area contributed by atoms with E-state index >= 15 is 0 Å². The fourth-order valence-corrected chi connectivity index (χ4v) is 3.69. The molecule has 32 heavy (non-hydrogen) atoms. The first kappa shape index (κ1) is 28.5. The number of piperidine rings is 1. The van der Waals surface area contributed by atoms with Gasteiger partial charge in [0.1, 0.15) is 0 Å². The number of carbonyl (C=O) groups is 1. The van der Waals surface area contributed by atoms with Crippen molar-refractivity contribution in [2.45, 2.75) is 45.3 Å². The van der Waals surface area contributed by atoms with E-state index in [0.29, 0.717) is 19.6 Å². The summed E-state index contributed by atoms with van der Waals surface area (Å²) in [4.78, 5) is 20.2. The van der Waals surface area contributed by atoms with Crippen LogP contribution in [-0.2, 0) is 17.5 Å². The number of benzene rings is 1. The summed E-state index contributed by atoms with van der Waals surface area (Å²) in [5.41, 5.74) is 5.53. The molecule has 1 amide bonds. The molecule has 0 radical (unpaired) electrons. The van der Waals surface area contributed by atoms with Crippen LogP contribution in [0.1, 0.15) is 43.7 Å². The Morgan fingerprint density at radius 1 is 1.22 bits per heavy atom. The lowest BCUT2D eigenvalue weighted by Gasteiger charge is -2.30. The third kappa shape index (κ3) is 9.51. The standard InChI is InChI=1S/C22H34F3N5O.HI/c1-3-27-21(29(2)16-17-6-8-19(9-7-17)22(23,24)25)28-12-4-5-13-30-14-10-18(11-15-30)20(26)31;/h6-9,18H,3-5,10-16H2,1-2H3,(H2,26,31)(H,27,28);1H. The number of carbonyl (C=O) groups excluding carboxylic acids is 1. The summed E-state index contributed by atoms with van der Waals surface area (Å²) in [6.07, 6.45) is -0.677. The number of primary amides is 1. The lowest BCUT2D eigenvalue weighted by atomic mass is 9.96. The van der Waals surface area contributed by atoms with Crippen LogP contribution in [0.25, 0.3) is 0 Å². The number of amides is 1. The molecule has 10 heteroatoms. The van der Waals surface area contributed by atoms with Gasteiger partial charge in [0.05, 0.1) is 5.56 Å². The smallest absolute Gasteiger partial charge is 0.369 e. The zero-order valence-corrected chi connectivity index (χ0v) is 21.2. The van der Waals surface area contributed by atoms with Crippen molar-refractivity contribution in [1.82, 2.24) is 15.1 Å². The van der Waals surface area contributed by atoms with E-state index in [1.807, 2.05) is 18.9 Å². The molecule has 1 heterocycles. The van der Waals surface area contributed by atoms with Gasteiger partial charge in [-0.3, -0.25) is 9.79 Å². The Bertz CT molecular complexity index is 719. The van der Waals surface area contributed by atoms with E-state index in [9.17, 15) is 18.0 Å². The Morgan fingerprint density at radius 2 is 1.84 bits per heavy atom. The van der Waals surface area contributed by atoms with Crippen molar-refractivity contribution in [1.29, 1.82) is 0 Å². The van der Waals surface area contributed by atoms with E-state index in [4.69, 9.17) is 5.73 Å². The van der Waals surface area contributed by atoms with Gasteiger partial charge in [-0.15, -0.1) is 24.0 Å². The fraction of sp³-hybridized carbons (Fsp3) is 0.636. The van der Waals surface area contributed by atoms with Crippen LogP contribution in [0.5, 0.6) is 0 Å². The zero-order valence-electron chi connectivity index (χ0n) is 18.8. The number of halogens is 4. The molecule has 2 rings (SSSR count). The number of rotatable bonds is 9. The van der Waals surface area contributed by atoms with Gasteiger partial charge in [0, 0.05) is 32.6 Å². The monoisotopic (exact) mass is 569 g/mol. The van der Waals surface area contributed by atoms with E-state index in [2.05, 4.69) is 15.2 Å². The van der Waals surface area contributed by atoms with Gasteiger partial charge >= 0.3 is 6.18 Å². The number of unbranched alkanes of at least 4 members (excludes halogenated alkanes) is 1. The van der Waals surface area contributed by atoms with Crippen LogP contribution in [0.3, 0.4) is 0 Å². The number of guanidine groups is 1. The first-order chi connectivity index (χ1) is 14.7. The second kappa shape index (κ2) is 13.9. The highest BCUT2D eigenvalue weighted by molar-refractivity contribution is 14.0. The zero-order chi connectivity index (χ0) is 22.9. The van der Waals surface area contributed by atoms with Crippen LogP contribution >= 0.6 is 24.0 Å². The van der Waals surface area contributed by atoms with Crippen molar-refractivity contribution in [2.24, 2.45) is 16.6 Å². The number of hydrogen-bond acceptors (Lipinski definition) is 3. The average Bonchev–Trinajstić information content (AvgIpc) is 2.72. The predicted molar refractivity (Wildman–Crippen MR) is 132 cm³/mol. The van der Waals surface area contributed by atoms with Gasteiger partial charge in [-0.2, -0.15) is 13.2 Å². The summed E-state index contributed by atoms with van der Waals surface area (Å²) >= 11 is 0. The number of nitrogens with zero attached hydrogens (tertiary/aromatic N) is 3. The number of hydrogen-bond donors (Lipinski definition) is 2. The molecule has 1 aliphatic rings. The molecule has 0 bridgehead atoms. The summed E-state index contributed by atoms with van der Waals surface area (Å²) in [5.74, 6) is 0.568. The van der Waals surface area contributed by atoms with E-state index in [1.54, 1.807) is 0 Å². The fourth-order valence-electron chi connectivity index (χ4n) is 3.69. The summed E-state index contributed by atoms with van der Waals surface area (Å²) in [5, 5.41) is 3.24. The van der Waals surface area contributed by atoms with Gasteiger partial charge in [0.15, 0.2) is 5.96 Å². The maximum Gasteiger partial charge on any atom is 0.416 e. The van der Waals surface area contributed by atoms with E-state index in [0.717, 1.165) is 69.0 Å². The third-order valence-electron chi connectivity index (χ3n) is 5.53. The molecule has 1 saturated heterocycles. The quantitative estimate of drug-likeness (QED) is 0.206. The minimum atomic E-state index is -4.32. The highest BCUT2D eigenvalue weighted by Crippen LogP contribution is 2.29. The Hall–Kier alpha value is -1.56. The van der Waals surface area contributed by atoms with Crippen LogP contribution in [0.2, 0.25) is 0 Å². The number of alkyl halides is 3. The molecule has 182 valence electrons. The normalized spacial score (nSPS) is 15.8. The van der Waals surface area contributed by atoms with Gasteiger partial charge in [-0.25, -0.2) is 0 Å². The Morgan fingerprint density at radius 3 is 2.38 bits per heavy atom. The van der Waals surface area contributed by atoms with Crippen LogP contribution in [0.4, 0.5) is 13.2 Å². The van der Waals surface area contributed by atoms with Crippen molar-refractivity contribution >= 4 is 35.8 Å². The number of nitrogens with two attached hydrogens (primary N) is 1. The summed E-state index contributed by atoms with van der Waals surface area (Å²) in [6.45, 7) is 6.65. The summed E-state index contributed by atoms with van der Waals surface area (Å²) in [6, 6.07) is 5.23. The van der Waals surface area contributed by atoms with Crippen molar-refractivity contribution in [2.75, 3.05) is 39.8 Å². The Labute approximate surface area is 205 Å². The molecule has 0 atom stereocenters. The second-order valence-corrected chi connectivity index (χ2v) is 8.01. The predicted octanol–water partition coefficient (Wildman–Crippen LogP) is 3.70. The topological polar surface area (TPSA) is 74.0 Å². The second-order valence-electron chi connectivity index (χ2n) is 8.01. The van der Waals surface area contributed by atoms with Crippen molar-refractivity contribution in [3.8, 4) is 0 Å². The van der Waals surface area contributed by atoms with E-state index in [1.165, 1.54) is 12.1 Å². The van der Waals surface area contributed by atoms with Gasteiger partial charge in [-0.05, 0) is 69.9 Å². The molecule has 0 saturated carbocycles. The van der Waals surface area contributed by atoms with Gasteiger partial charge in [-0.1, -0.05) is 12.1 Å². The molecule has 0 aliphatic carbocycles. The first-order valence-corrected chi connectivity index (χ1v) is 10.9. The minimum Gasteiger partial charge on any atom is -0.369 e. The number of nitrogens with one attached hydrogen (secondary N) is 1. The van der Waals surface area contributed by atoms with Crippen LogP contribution in [0.15, 0.2) is 29.3 Å². The molecule has 0 spiro atoms. The Kier molecular flexibility index (Phi) is 12.3. The van der Waals surface area contributed by atoms with Crippen molar-refractivity contribution in [3.63, 3.8) is 0 Å². The van der Waals surface area contributed by atoms with Gasteiger partial charge in [0.2, 0.25) is 5.91 Å². The molecule has 3 N–H and O–H groups in total. The van der Waals surface area contributed by atoms with Crippen LogP contribution < -0.4 is 11.1 Å². The molecule has 1 aliphatic heterocycles. The van der Waals surface area contributed by atoms with Gasteiger partial charge < -0.3 is 20.9 Å². The minimum absolute atomic E-state index is 0. The van der Waals surface area contributed by atoms with E-state index < -0.39 is 11.7 Å². The average molecular weight is 569 g/mol. The highest BCUT2D eigenvalue weighted by atomic mass is 127.